The number of rotatable bonds is 8. The Kier molecular flexibility index (Phi) is 8.85. The molecule has 0 aliphatic heterocycles. The molecular weight excluding hydrogens is 503 g/mol. The molecule has 0 fully saturated rings. The molecule has 30 heavy (non-hydrogen) atoms. The number of carbonyl (C=O) groups is 1. The van der Waals surface area contributed by atoms with Crippen molar-refractivity contribution in [3.63, 3.8) is 0 Å². The summed E-state index contributed by atoms with van der Waals surface area (Å²) in [5.74, 6) is 0.717. The Morgan fingerprint density at radius 2 is 1.70 bits per heavy atom. The molecule has 0 unspecified atom stereocenters. The highest BCUT2D eigenvalue weighted by molar-refractivity contribution is 8.03. The van der Waals surface area contributed by atoms with Crippen LogP contribution in [0.4, 0.5) is 0 Å². The van der Waals surface area contributed by atoms with Gasteiger partial charge in [0.25, 0.3) is 5.91 Å². The molecule has 1 amide bonds. The molecule has 3 rings (SSSR count). The molecule has 0 aliphatic rings. The zero-order valence-corrected chi connectivity index (χ0v) is 20.3. The molecule has 1 aromatic heterocycles. The highest BCUT2D eigenvalue weighted by Crippen LogP contribution is 2.30. The van der Waals surface area contributed by atoms with E-state index in [0.717, 1.165) is 20.0 Å². The van der Waals surface area contributed by atoms with Crippen LogP contribution < -0.4 is 5.43 Å². The Hall–Kier alpha value is -1.29. The Morgan fingerprint density at radius 1 is 1.03 bits per heavy atom. The van der Waals surface area contributed by atoms with Gasteiger partial charge in [0.2, 0.25) is 0 Å². The van der Waals surface area contributed by atoms with Gasteiger partial charge in [0.1, 0.15) is 0 Å². The zero-order valence-electron chi connectivity index (χ0n) is 15.6. The van der Waals surface area contributed by atoms with Gasteiger partial charge in [0, 0.05) is 21.4 Å². The number of thioether (sulfide) groups is 2. The standard InChI is InChI=1S/C19H15Cl3N4OS3/c1-11(15-7-6-14(21)8-16(15)22)23-24-17(27)10-29-19-26-25-18(30-19)28-9-12-2-4-13(20)5-3-12/h2-8H,9-10H2,1H3,(H,24,27). The smallest absolute Gasteiger partial charge is 0.250 e. The van der Waals surface area contributed by atoms with Crippen LogP contribution in [0, 0.1) is 0 Å². The van der Waals surface area contributed by atoms with E-state index >= 15 is 0 Å². The van der Waals surface area contributed by atoms with E-state index in [1.54, 1.807) is 36.9 Å². The minimum Gasteiger partial charge on any atom is -0.272 e. The summed E-state index contributed by atoms with van der Waals surface area (Å²) >= 11 is 22.3. The number of hydrazone groups is 1. The number of hydrogen-bond acceptors (Lipinski definition) is 7. The molecule has 0 saturated carbocycles. The Bertz CT molecular complexity index is 1060. The van der Waals surface area contributed by atoms with E-state index < -0.39 is 0 Å². The molecule has 11 heteroatoms. The lowest BCUT2D eigenvalue weighted by atomic mass is 10.1. The van der Waals surface area contributed by atoms with Gasteiger partial charge in [0.15, 0.2) is 8.68 Å². The van der Waals surface area contributed by atoms with Crippen molar-refractivity contribution in [2.45, 2.75) is 21.4 Å². The molecular formula is C19H15Cl3N4OS3. The number of hydrogen-bond donors (Lipinski definition) is 1. The molecule has 0 spiro atoms. The van der Waals surface area contributed by atoms with Gasteiger partial charge >= 0.3 is 0 Å². The molecule has 0 aliphatic carbocycles. The first-order valence-corrected chi connectivity index (χ1v) is 12.4. The van der Waals surface area contributed by atoms with E-state index in [1.807, 2.05) is 24.3 Å². The predicted octanol–water partition coefficient (Wildman–Crippen LogP) is 6.42. The fraction of sp³-hybridized carbons (Fsp3) is 0.158. The monoisotopic (exact) mass is 516 g/mol. The van der Waals surface area contributed by atoms with E-state index in [0.29, 0.717) is 26.3 Å². The number of nitrogens with one attached hydrogen (secondary N) is 1. The van der Waals surface area contributed by atoms with Crippen LogP contribution >= 0.6 is 69.7 Å². The second-order valence-corrected chi connectivity index (χ2v) is 10.6. The molecule has 5 nitrogen and oxygen atoms in total. The third-order valence-electron chi connectivity index (χ3n) is 3.66. The molecule has 0 radical (unpaired) electrons. The van der Waals surface area contributed by atoms with Gasteiger partial charge in [-0.25, -0.2) is 5.43 Å². The first-order chi connectivity index (χ1) is 14.4. The second-order valence-electron chi connectivity index (χ2n) is 5.89. The number of aromatic nitrogens is 2. The van der Waals surface area contributed by atoms with Crippen LogP contribution in [0.15, 0.2) is 56.2 Å². The summed E-state index contributed by atoms with van der Waals surface area (Å²) in [4.78, 5) is 12.1. The van der Waals surface area contributed by atoms with Crippen molar-refractivity contribution in [2.75, 3.05) is 5.75 Å². The summed E-state index contributed by atoms with van der Waals surface area (Å²) in [7, 11) is 0. The highest BCUT2D eigenvalue weighted by Gasteiger charge is 2.10. The van der Waals surface area contributed by atoms with Crippen molar-refractivity contribution in [2.24, 2.45) is 5.10 Å². The molecule has 0 atom stereocenters. The molecule has 1 heterocycles. The number of halogens is 3. The predicted molar refractivity (Wildman–Crippen MR) is 128 cm³/mol. The van der Waals surface area contributed by atoms with Crippen molar-refractivity contribution >= 4 is 81.3 Å². The van der Waals surface area contributed by atoms with Gasteiger partial charge < -0.3 is 0 Å². The Balaban J connectivity index is 1.46. The maximum absolute atomic E-state index is 12.1. The third-order valence-corrected chi connectivity index (χ3v) is 7.72. The Labute approximate surface area is 201 Å². The fourth-order valence-corrected chi connectivity index (χ4v) is 5.63. The third kappa shape index (κ3) is 7.14. The summed E-state index contributed by atoms with van der Waals surface area (Å²) in [6.45, 7) is 1.76. The van der Waals surface area contributed by atoms with Crippen molar-refractivity contribution in [1.29, 1.82) is 0 Å². The lowest BCUT2D eigenvalue weighted by Crippen LogP contribution is -2.21. The molecule has 0 bridgehead atoms. The van der Waals surface area contributed by atoms with Crippen molar-refractivity contribution in [3.05, 3.63) is 68.7 Å². The van der Waals surface area contributed by atoms with Crippen LogP contribution in [0.1, 0.15) is 18.1 Å². The van der Waals surface area contributed by atoms with Crippen molar-refractivity contribution in [1.82, 2.24) is 15.6 Å². The molecule has 1 N–H and O–H groups in total. The zero-order chi connectivity index (χ0) is 21.5. The van der Waals surface area contributed by atoms with E-state index in [-0.39, 0.29) is 11.7 Å². The summed E-state index contributed by atoms with van der Waals surface area (Å²) in [6, 6.07) is 12.8. The second kappa shape index (κ2) is 11.4. The maximum atomic E-state index is 12.1. The summed E-state index contributed by atoms with van der Waals surface area (Å²) < 4.78 is 1.57. The van der Waals surface area contributed by atoms with E-state index in [4.69, 9.17) is 34.8 Å². The maximum Gasteiger partial charge on any atom is 0.250 e. The van der Waals surface area contributed by atoms with Gasteiger partial charge in [-0.2, -0.15) is 5.10 Å². The number of amides is 1. The van der Waals surface area contributed by atoms with Crippen molar-refractivity contribution in [3.8, 4) is 0 Å². The van der Waals surface area contributed by atoms with Gasteiger partial charge in [0.05, 0.1) is 16.5 Å². The summed E-state index contributed by atoms with van der Waals surface area (Å²) in [5, 5.41) is 14.1. The lowest BCUT2D eigenvalue weighted by molar-refractivity contribution is -0.118. The first kappa shape index (κ1) is 23.4. The van der Waals surface area contributed by atoms with Gasteiger partial charge in [-0.3, -0.25) is 4.79 Å². The normalized spacial score (nSPS) is 11.5. The quantitative estimate of drug-likeness (QED) is 0.212. The van der Waals surface area contributed by atoms with Crippen LogP contribution in [0.5, 0.6) is 0 Å². The SMILES string of the molecule is CC(=NNC(=O)CSc1nnc(SCc2ccc(Cl)cc2)s1)c1ccc(Cl)cc1Cl. The van der Waals surface area contributed by atoms with E-state index in [1.165, 1.54) is 23.1 Å². The van der Waals surface area contributed by atoms with Crippen LogP contribution in [-0.2, 0) is 10.5 Å². The molecule has 2 aromatic carbocycles. The van der Waals surface area contributed by atoms with Crippen LogP contribution in [-0.4, -0.2) is 27.6 Å². The van der Waals surface area contributed by atoms with Crippen LogP contribution in [0.25, 0.3) is 0 Å². The lowest BCUT2D eigenvalue weighted by Gasteiger charge is -2.05. The van der Waals surface area contributed by atoms with Gasteiger partial charge in [-0.1, -0.05) is 87.9 Å². The minimum atomic E-state index is -0.241. The topological polar surface area (TPSA) is 67.2 Å². The van der Waals surface area contributed by atoms with E-state index in [9.17, 15) is 4.79 Å². The highest BCUT2D eigenvalue weighted by atomic mass is 35.5. The number of carbonyl (C=O) groups excluding carboxylic acids is 1. The largest absolute Gasteiger partial charge is 0.272 e. The van der Waals surface area contributed by atoms with Crippen LogP contribution in [0.2, 0.25) is 15.1 Å². The van der Waals surface area contributed by atoms with Gasteiger partial charge in [-0.05, 0) is 36.8 Å². The molecule has 156 valence electrons. The van der Waals surface area contributed by atoms with Crippen molar-refractivity contribution < 1.29 is 4.79 Å². The summed E-state index contributed by atoms with van der Waals surface area (Å²) in [5.41, 5.74) is 4.98. The molecule has 0 saturated heterocycles. The fourth-order valence-electron chi connectivity index (χ4n) is 2.19. The average Bonchev–Trinajstić information content (AvgIpc) is 3.18. The number of benzene rings is 2. The van der Waals surface area contributed by atoms with Gasteiger partial charge in [-0.15, -0.1) is 10.2 Å². The average molecular weight is 518 g/mol. The van der Waals surface area contributed by atoms with E-state index in [2.05, 4.69) is 20.7 Å². The summed E-state index contributed by atoms with van der Waals surface area (Å²) in [6.07, 6.45) is 0. The Morgan fingerprint density at radius 3 is 2.40 bits per heavy atom. The first-order valence-electron chi connectivity index (χ1n) is 8.53. The molecule has 3 aromatic rings. The minimum absolute atomic E-state index is 0.182. The van der Waals surface area contributed by atoms with Crippen LogP contribution in [0.3, 0.4) is 0 Å². The number of nitrogens with zero attached hydrogens (tertiary/aromatic N) is 3.